The molecule has 2 aliphatic heterocycles. The molecule has 0 amide bonds. The molecular weight excluding hydrogens is 288 g/mol. The summed E-state index contributed by atoms with van der Waals surface area (Å²) in [6.45, 7) is 7.55. The maximum Gasteiger partial charge on any atom is 0.160 e. The fraction of sp³-hybridized carbons (Fsp3) is 0.667. The number of aromatic nitrogens is 3. The second-order valence-corrected chi connectivity index (χ2v) is 6.77. The largest absolute Gasteiger partial charge is 0.376 e. The monoisotopic (exact) mass is 314 g/mol. The second kappa shape index (κ2) is 6.57. The standard InChI is InChI=1S/C18H26N4O/c1-2-21-10-7-14(8-11-21)17-20-16-6-3-9-19-18(16)22(17)13-15-5-4-12-23-15/h3,6,9,14-15H,2,4-5,7-8,10-13H2,1H3. The van der Waals surface area contributed by atoms with Gasteiger partial charge in [0, 0.05) is 18.7 Å². The van der Waals surface area contributed by atoms with E-state index < -0.39 is 0 Å². The summed E-state index contributed by atoms with van der Waals surface area (Å²) in [6.07, 6.45) is 6.92. The Kier molecular flexibility index (Phi) is 4.31. The zero-order valence-corrected chi connectivity index (χ0v) is 13.9. The molecule has 124 valence electrons. The Morgan fingerprint density at radius 3 is 2.87 bits per heavy atom. The van der Waals surface area contributed by atoms with Gasteiger partial charge in [-0.1, -0.05) is 6.92 Å². The molecule has 2 saturated heterocycles. The van der Waals surface area contributed by atoms with E-state index in [4.69, 9.17) is 9.72 Å². The van der Waals surface area contributed by atoms with E-state index in [0.717, 1.165) is 37.3 Å². The van der Waals surface area contributed by atoms with Crippen molar-refractivity contribution in [2.45, 2.75) is 51.2 Å². The molecule has 0 aromatic carbocycles. The molecule has 0 N–H and O–H groups in total. The number of fused-ring (bicyclic) bond motifs is 1. The lowest BCUT2D eigenvalue weighted by molar-refractivity contribution is 0.0962. The molecule has 23 heavy (non-hydrogen) atoms. The van der Waals surface area contributed by atoms with Crippen LogP contribution in [0.1, 0.15) is 44.3 Å². The van der Waals surface area contributed by atoms with Gasteiger partial charge in [-0.05, 0) is 57.5 Å². The maximum absolute atomic E-state index is 5.87. The van der Waals surface area contributed by atoms with Crippen LogP contribution >= 0.6 is 0 Å². The van der Waals surface area contributed by atoms with Crippen molar-refractivity contribution in [1.29, 1.82) is 0 Å². The molecule has 5 nitrogen and oxygen atoms in total. The normalized spacial score (nSPS) is 23.8. The SMILES string of the molecule is CCN1CCC(c2nc3cccnc3n2CC2CCCO2)CC1. The van der Waals surface area contributed by atoms with Gasteiger partial charge in [-0.2, -0.15) is 0 Å². The number of pyridine rings is 1. The highest BCUT2D eigenvalue weighted by molar-refractivity contribution is 5.71. The average molecular weight is 314 g/mol. The van der Waals surface area contributed by atoms with Crippen molar-refractivity contribution < 1.29 is 4.74 Å². The minimum atomic E-state index is 0.323. The second-order valence-electron chi connectivity index (χ2n) is 6.77. The molecule has 0 bridgehead atoms. The van der Waals surface area contributed by atoms with Crippen LogP contribution in [-0.4, -0.2) is 51.8 Å². The van der Waals surface area contributed by atoms with Gasteiger partial charge in [0.1, 0.15) is 11.3 Å². The first-order valence-corrected chi connectivity index (χ1v) is 9.00. The Labute approximate surface area is 137 Å². The third kappa shape index (κ3) is 3.00. The Bertz CT molecular complexity index is 654. The topological polar surface area (TPSA) is 43.2 Å². The summed E-state index contributed by atoms with van der Waals surface area (Å²) in [5, 5.41) is 0. The first-order chi connectivity index (χ1) is 11.3. The Balaban J connectivity index is 1.64. The van der Waals surface area contributed by atoms with E-state index in [-0.39, 0.29) is 0 Å². The molecule has 0 saturated carbocycles. The van der Waals surface area contributed by atoms with E-state index in [1.165, 1.54) is 38.2 Å². The van der Waals surface area contributed by atoms with Crippen LogP contribution in [0.15, 0.2) is 18.3 Å². The lowest BCUT2D eigenvalue weighted by Crippen LogP contribution is -2.33. The average Bonchev–Trinajstić information content (AvgIpc) is 3.24. The molecule has 2 aromatic heterocycles. The number of hydrogen-bond acceptors (Lipinski definition) is 4. The highest BCUT2D eigenvalue weighted by Gasteiger charge is 2.27. The summed E-state index contributed by atoms with van der Waals surface area (Å²) in [5.41, 5.74) is 2.05. The van der Waals surface area contributed by atoms with Gasteiger partial charge < -0.3 is 14.2 Å². The number of likely N-dealkylation sites (tertiary alicyclic amines) is 1. The number of ether oxygens (including phenoxy) is 1. The van der Waals surface area contributed by atoms with E-state index in [9.17, 15) is 0 Å². The lowest BCUT2D eigenvalue weighted by Gasteiger charge is -2.31. The molecule has 1 atom stereocenters. The van der Waals surface area contributed by atoms with Gasteiger partial charge in [0.15, 0.2) is 5.65 Å². The summed E-state index contributed by atoms with van der Waals surface area (Å²) < 4.78 is 8.21. The van der Waals surface area contributed by atoms with Crippen LogP contribution in [0.4, 0.5) is 0 Å². The van der Waals surface area contributed by atoms with E-state index >= 15 is 0 Å². The molecule has 5 heteroatoms. The zero-order chi connectivity index (χ0) is 15.6. The van der Waals surface area contributed by atoms with E-state index in [1.54, 1.807) is 0 Å². The Morgan fingerprint density at radius 2 is 2.13 bits per heavy atom. The summed E-state index contributed by atoms with van der Waals surface area (Å²) >= 11 is 0. The molecule has 0 aliphatic carbocycles. The molecule has 4 heterocycles. The molecular formula is C18H26N4O. The minimum Gasteiger partial charge on any atom is -0.376 e. The van der Waals surface area contributed by atoms with Crippen LogP contribution in [0.25, 0.3) is 11.2 Å². The summed E-state index contributed by atoms with van der Waals surface area (Å²) in [5.74, 6) is 1.78. The van der Waals surface area contributed by atoms with Crippen molar-refractivity contribution in [3.63, 3.8) is 0 Å². The Morgan fingerprint density at radius 1 is 1.26 bits per heavy atom. The predicted molar refractivity (Wildman–Crippen MR) is 90.6 cm³/mol. The quantitative estimate of drug-likeness (QED) is 0.870. The molecule has 0 spiro atoms. The van der Waals surface area contributed by atoms with Crippen LogP contribution < -0.4 is 0 Å². The van der Waals surface area contributed by atoms with Crippen molar-refractivity contribution >= 4 is 11.2 Å². The number of imidazole rings is 1. The third-order valence-corrected chi connectivity index (χ3v) is 5.34. The van der Waals surface area contributed by atoms with Gasteiger partial charge in [0.2, 0.25) is 0 Å². The minimum absolute atomic E-state index is 0.323. The van der Waals surface area contributed by atoms with Gasteiger partial charge in [-0.3, -0.25) is 0 Å². The van der Waals surface area contributed by atoms with Crippen molar-refractivity contribution in [2.75, 3.05) is 26.2 Å². The fourth-order valence-corrected chi connectivity index (χ4v) is 3.97. The molecule has 2 aliphatic rings. The lowest BCUT2D eigenvalue weighted by atomic mass is 9.96. The molecule has 4 rings (SSSR count). The van der Waals surface area contributed by atoms with E-state index in [2.05, 4.69) is 27.4 Å². The first kappa shape index (κ1) is 15.1. The van der Waals surface area contributed by atoms with E-state index in [0.29, 0.717) is 12.0 Å². The van der Waals surface area contributed by atoms with Crippen LogP contribution in [-0.2, 0) is 11.3 Å². The van der Waals surface area contributed by atoms with Crippen LogP contribution in [0.5, 0.6) is 0 Å². The van der Waals surface area contributed by atoms with E-state index in [1.807, 2.05) is 12.3 Å². The summed E-state index contributed by atoms with van der Waals surface area (Å²) in [4.78, 5) is 12.1. The highest BCUT2D eigenvalue weighted by Crippen LogP contribution is 2.30. The number of nitrogens with zero attached hydrogens (tertiary/aromatic N) is 4. The zero-order valence-electron chi connectivity index (χ0n) is 13.9. The van der Waals surface area contributed by atoms with Crippen molar-refractivity contribution in [1.82, 2.24) is 19.4 Å². The third-order valence-electron chi connectivity index (χ3n) is 5.34. The Hall–Kier alpha value is -1.46. The summed E-state index contributed by atoms with van der Waals surface area (Å²) in [7, 11) is 0. The van der Waals surface area contributed by atoms with Crippen LogP contribution in [0.2, 0.25) is 0 Å². The van der Waals surface area contributed by atoms with Crippen molar-refractivity contribution in [3.05, 3.63) is 24.2 Å². The van der Waals surface area contributed by atoms with Crippen molar-refractivity contribution in [3.8, 4) is 0 Å². The number of piperidine rings is 1. The summed E-state index contributed by atoms with van der Waals surface area (Å²) in [6, 6.07) is 4.06. The van der Waals surface area contributed by atoms with Crippen LogP contribution in [0, 0.1) is 0 Å². The first-order valence-electron chi connectivity index (χ1n) is 9.00. The van der Waals surface area contributed by atoms with Gasteiger partial charge >= 0.3 is 0 Å². The molecule has 1 unspecified atom stereocenters. The van der Waals surface area contributed by atoms with Gasteiger partial charge in [-0.15, -0.1) is 0 Å². The smallest absolute Gasteiger partial charge is 0.160 e. The van der Waals surface area contributed by atoms with Gasteiger partial charge in [-0.25, -0.2) is 9.97 Å². The van der Waals surface area contributed by atoms with Gasteiger partial charge in [0.05, 0.1) is 12.6 Å². The van der Waals surface area contributed by atoms with Crippen LogP contribution in [0.3, 0.4) is 0 Å². The van der Waals surface area contributed by atoms with Crippen molar-refractivity contribution in [2.24, 2.45) is 0 Å². The molecule has 2 aromatic rings. The number of rotatable bonds is 4. The predicted octanol–water partition coefficient (Wildman–Crippen LogP) is 2.81. The maximum atomic E-state index is 5.87. The molecule has 2 fully saturated rings. The number of hydrogen-bond donors (Lipinski definition) is 0. The molecule has 0 radical (unpaired) electrons. The fourth-order valence-electron chi connectivity index (χ4n) is 3.97. The highest BCUT2D eigenvalue weighted by atomic mass is 16.5. The van der Waals surface area contributed by atoms with Gasteiger partial charge in [0.25, 0.3) is 0 Å².